The summed E-state index contributed by atoms with van der Waals surface area (Å²) in [5, 5.41) is 3.48. The van der Waals surface area contributed by atoms with Crippen molar-refractivity contribution in [2.75, 3.05) is 53.1 Å². The fraction of sp³-hybridized carbons (Fsp3) is 0.625. The van der Waals surface area contributed by atoms with Crippen molar-refractivity contribution in [1.29, 1.82) is 0 Å². The average molecular weight is 367 g/mol. The Balaban J connectivity index is 0.00000242. The van der Waals surface area contributed by atoms with Crippen molar-refractivity contribution in [2.24, 2.45) is 0 Å². The van der Waals surface area contributed by atoms with E-state index >= 15 is 0 Å². The van der Waals surface area contributed by atoms with Crippen LogP contribution in [0.15, 0.2) is 18.2 Å². The van der Waals surface area contributed by atoms with Gasteiger partial charge in [0.25, 0.3) is 0 Å². The first kappa shape index (κ1) is 22.3. The molecule has 0 bridgehead atoms. The molecule has 1 fully saturated rings. The Kier molecular flexibility index (Phi) is 12.3. The minimum Gasteiger partial charge on any atom is -0.493 e. The predicted molar refractivity (Wildman–Crippen MR) is 97.6 cm³/mol. The van der Waals surface area contributed by atoms with Crippen LogP contribution in [-0.4, -0.2) is 58.0 Å². The summed E-state index contributed by atoms with van der Waals surface area (Å²) in [6, 6.07) is 6.01. The molecule has 1 saturated heterocycles. The molecule has 0 aliphatic carbocycles. The first-order valence-corrected chi connectivity index (χ1v) is 7.64. The zero-order chi connectivity index (χ0) is 14.9. The van der Waals surface area contributed by atoms with Crippen LogP contribution < -0.4 is 14.8 Å². The number of methoxy groups -OCH3 is 1. The van der Waals surface area contributed by atoms with Crippen molar-refractivity contribution in [2.45, 2.75) is 13.5 Å². The zero-order valence-electron chi connectivity index (χ0n) is 13.9. The third-order valence-electron chi connectivity index (χ3n) is 3.59. The van der Waals surface area contributed by atoms with E-state index in [2.05, 4.69) is 16.3 Å². The topological polar surface area (TPSA) is 43.0 Å². The maximum atomic E-state index is 5.71. The van der Waals surface area contributed by atoms with Gasteiger partial charge in [-0.3, -0.25) is 4.90 Å². The molecule has 1 heterocycles. The summed E-state index contributed by atoms with van der Waals surface area (Å²) in [7, 11) is 1.67. The fourth-order valence-corrected chi connectivity index (χ4v) is 2.45. The molecule has 134 valence electrons. The lowest BCUT2D eigenvalue weighted by atomic mass is 10.2. The number of nitrogens with zero attached hydrogens (tertiary/aromatic N) is 1. The average Bonchev–Trinajstić information content (AvgIpc) is 2.54. The lowest BCUT2D eigenvalue weighted by Gasteiger charge is -2.26. The molecule has 0 aromatic heterocycles. The molecule has 1 aliphatic heterocycles. The normalized spacial score (nSPS) is 14.5. The van der Waals surface area contributed by atoms with E-state index < -0.39 is 0 Å². The molecular formula is C16H28Cl2N2O3. The Morgan fingerprint density at radius 3 is 2.61 bits per heavy atom. The highest BCUT2D eigenvalue weighted by Crippen LogP contribution is 2.30. The second-order valence-corrected chi connectivity index (χ2v) is 5.01. The molecule has 0 spiro atoms. The predicted octanol–water partition coefficient (Wildman–Crippen LogP) is 2.36. The Bertz CT molecular complexity index is 430. The van der Waals surface area contributed by atoms with Gasteiger partial charge in [-0.1, -0.05) is 12.1 Å². The number of benzene rings is 1. The maximum absolute atomic E-state index is 5.71. The first-order valence-electron chi connectivity index (χ1n) is 7.64. The molecule has 0 saturated carbocycles. The molecule has 1 N–H and O–H groups in total. The Morgan fingerprint density at radius 2 is 1.96 bits per heavy atom. The molecule has 5 nitrogen and oxygen atoms in total. The summed E-state index contributed by atoms with van der Waals surface area (Å²) in [4.78, 5) is 2.42. The van der Waals surface area contributed by atoms with Crippen molar-refractivity contribution < 1.29 is 14.2 Å². The van der Waals surface area contributed by atoms with Crippen LogP contribution in [0.4, 0.5) is 0 Å². The highest BCUT2D eigenvalue weighted by molar-refractivity contribution is 5.85. The fourth-order valence-electron chi connectivity index (χ4n) is 2.45. The SMILES string of the molecule is CCOc1c(CNCCN2CCOCC2)cccc1OC.Cl.Cl. The van der Waals surface area contributed by atoms with Gasteiger partial charge >= 0.3 is 0 Å². The molecule has 0 atom stereocenters. The molecule has 1 aromatic rings. The van der Waals surface area contributed by atoms with E-state index in [-0.39, 0.29) is 24.8 Å². The molecular weight excluding hydrogens is 339 g/mol. The van der Waals surface area contributed by atoms with Gasteiger partial charge in [-0.05, 0) is 13.0 Å². The van der Waals surface area contributed by atoms with E-state index in [1.807, 2.05) is 19.1 Å². The van der Waals surface area contributed by atoms with Gasteiger partial charge in [0.1, 0.15) is 0 Å². The molecule has 23 heavy (non-hydrogen) atoms. The van der Waals surface area contributed by atoms with Crippen molar-refractivity contribution in [3.63, 3.8) is 0 Å². The van der Waals surface area contributed by atoms with Crippen LogP contribution in [0.3, 0.4) is 0 Å². The largest absolute Gasteiger partial charge is 0.493 e. The smallest absolute Gasteiger partial charge is 0.165 e. The molecule has 0 amide bonds. The Hall–Kier alpha value is -0.720. The van der Waals surface area contributed by atoms with E-state index in [1.54, 1.807) is 7.11 Å². The van der Waals surface area contributed by atoms with Crippen LogP contribution in [0.5, 0.6) is 11.5 Å². The molecule has 0 unspecified atom stereocenters. The number of nitrogens with one attached hydrogen (secondary N) is 1. The maximum Gasteiger partial charge on any atom is 0.165 e. The molecule has 1 aromatic carbocycles. The van der Waals surface area contributed by atoms with Gasteiger partial charge in [0.05, 0.1) is 26.9 Å². The van der Waals surface area contributed by atoms with Crippen LogP contribution in [0.1, 0.15) is 12.5 Å². The Labute approximate surface area is 151 Å². The second kappa shape index (κ2) is 12.7. The highest BCUT2D eigenvalue weighted by atomic mass is 35.5. The van der Waals surface area contributed by atoms with E-state index in [0.29, 0.717) is 6.61 Å². The second-order valence-electron chi connectivity index (χ2n) is 5.01. The Morgan fingerprint density at radius 1 is 1.22 bits per heavy atom. The van der Waals surface area contributed by atoms with Crippen LogP contribution in [0.25, 0.3) is 0 Å². The number of para-hydroxylation sites is 1. The number of hydrogen-bond donors (Lipinski definition) is 1. The molecule has 0 radical (unpaired) electrons. The lowest BCUT2D eigenvalue weighted by Crippen LogP contribution is -2.40. The minimum atomic E-state index is 0. The highest BCUT2D eigenvalue weighted by Gasteiger charge is 2.11. The number of rotatable bonds is 8. The molecule has 7 heteroatoms. The van der Waals surface area contributed by atoms with Crippen LogP contribution in [-0.2, 0) is 11.3 Å². The van der Waals surface area contributed by atoms with Crippen molar-refractivity contribution >= 4 is 24.8 Å². The summed E-state index contributed by atoms with van der Waals surface area (Å²) in [6.07, 6.45) is 0. The van der Waals surface area contributed by atoms with Gasteiger partial charge in [0.2, 0.25) is 0 Å². The first-order chi connectivity index (χ1) is 10.3. The third-order valence-corrected chi connectivity index (χ3v) is 3.59. The van der Waals surface area contributed by atoms with E-state index in [9.17, 15) is 0 Å². The number of ether oxygens (including phenoxy) is 3. The van der Waals surface area contributed by atoms with Crippen LogP contribution in [0, 0.1) is 0 Å². The van der Waals surface area contributed by atoms with Gasteiger partial charge in [-0.25, -0.2) is 0 Å². The van der Waals surface area contributed by atoms with Crippen molar-refractivity contribution in [1.82, 2.24) is 10.2 Å². The standard InChI is InChI=1S/C16H26N2O3.2ClH/c1-3-21-16-14(5-4-6-15(16)19-2)13-17-7-8-18-9-11-20-12-10-18;;/h4-6,17H,3,7-13H2,1-2H3;2*1H. The monoisotopic (exact) mass is 366 g/mol. The van der Waals surface area contributed by atoms with Crippen molar-refractivity contribution in [3.8, 4) is 11.5 Å². The lowest BCUT2D eigenvalue weighted by molar-refractivity contribution is 0.0384. The number of morpholine rings is 1. The summed E-state index contributed by atoms with van der Waals surface area (Å²) in [5.41, 5.74) is 1.14. The zero-order valence-corrected chi connectivity index (χ0v) is 15.5. The van der Waals surface area contributed by atoms with Gasteiger partial charge in [-0.2, -0.15) is 0 Å². The molecule has 2 rings (SSSR count). The summed E-state index contributed by atoms with van der Waals surface area (Å²) < 4.78 is 16.4. The van der Waals surface area contributed by atoms with E-state index in [1.165, 1.54) is 0 Å². The number of hydrogen-bond acceptors (Lipinski definition) is 5. The van der Waals surface area contributed by atoms with Crippen molar-refractivity contribution in [3.05, 3.63) is 23.8 Å². The van der Waals surface area contributed by atoms with Gasteiger partial charge in [-0.15, -0.1) is 24.8 Å². The minimum absolute atomic E-state index is 0. The summed E-state index contributed by atoms with van der Waals surface area (Å²) in [5.74, 6) is 1.64. The van der Waals surface area contributed by atoms with E-state index in [4.69, 9.17) is 14.2 Å². The van der Waals surface area contributed by atoms with E-state index in [0.717, 1.165) is 63.0 Å². The quantitative estimate of drug-likeness (QED) is 0.715. The summed E-state index contributed by atoms with van der Waals surface area (Å²) in [6.45, 7) is 9.20. The van der Waals surface area contributed by atoms with Gasteiger partial charge in [0.15, 0.2) is 11.5 Å². The van der Waals surface area contributed by atoms with Gasteiger partial charge < -0.3 is 19.5 Å². The molecule has 1 aliphatic rings. The third kappa shape index (κ3) is 7.14. The van der Waals surface area contributed by atoms with Crippen LogP contribution in [0.2, 0.25) is 0 Å². The summed E-state index contributed by atoms with van der Waals surface area (Å²) >= 11 is 0. The van der Waals surface area contributed by atoms with Gasteiger partial charge in [0, 0.05) is 38.3 Å². The van der Waals surface area contributed by atoms with Crippen LogP contribution >= 0.6 is 24.8 Å². The number of halogens is 2.